The Kier molecular flexibility index (Phi) is 7.22. The summed E-state index contributed by atoms with van der Waals surface area (Å²) in [5.74, 6) is -0.0460. The second kappa shape index (κ2) is 9.64. The molecule has 3 aromatic rings. The van der Waals surface area contributed by atoms with Crippen molar-refractivity contribution < 1.29 is 14.3 Å². The summed E-state index contributed by atoms with van der Waals surface area (Å²) in [6.45, 7) is -0.162. The molecule has 0 saturated carbocycles. The Bertz CT molecular complexity index is 972. The molecule has 2 N–H and O–H groups in total. The molecular weight excluding hydrogens is 578 g/mol. The van der Waals surface area contributed by atoms with Crippen LogP contribution in [0.2, 0.25) is 0 Å². The number of thiazole rings is 1. The Morgan fingerprint density at radius 1 is 1.04 bits per heavy atom. The van der Waals surface area contributed by atoms with Crippen molar-refractivity contribution in [1.29, 1.82) is 0 Å². The van der Waals surface area contributed by atoms with E-state index in [2.05, 4.69) is 63.4 Å². The van der Waals surface area contributed by atoms with E-state index in [-0.39, 0.29) is 18.4 Å². The first-order chi connectivity index (χ1) is 13.4. The molecule has 0 aliphatic carbocycles. The smallest absolute Gasteiger partial charge is 0.262 e. The number of anilines is 2. The summed E-state index contributed by atoms with van der Waals surface area (Å²) in [6, 6.07) is 10.2. The van der Waals surface area contributed by atoms with Crippen LogP contribution in [0.5, 0.6) is 5.75 Å². The average molecular weight is 590 g/mol. The molecular formula is C18H12Br3N3O3S. The lowest BCUT2D eigenvalue weighted by Gasteiger charge is -2.11. The van der Waals surface area contributed by atoms with Crippen molar-refractivity contribution in [2.45, 2.75) is 0 Å². The molecule has 0 saturated heterocycles. The van der Waals surface area contributed by atoms with E-state index >= 15 is 0 Å². The SMILES string of the molecule is O=C(COc1c(Br)cc(Br)cc1Br)Nc1ccc(C(=O)Nc2nccs2)cc1. The van der Waals surface area contributed by atoms with Gasteiger partial charge in [-0.05, 0) is 68.3 Å². The molecule has 1 heterocycles. The number of nitrogens with one attached hydrogen (secondary N) is 2. The van der Waals surface area contributed by atoms with Crippen LogP contribution in [0.25, 0.3) is 0 Å². The fraction of sp³-hybridized carbons (Fsp3) is 0.0556. The maximum Gasteiger partial charge on any atom is 0.262 e. The first kappa shape index (κ1) is 21.0. The van der Waals surface area contributed by atoms with E-state index in [9.17, 15) is 9.59 Å². The van der Waals surface area contributed by atoms with Gasteiger partial charge < -0.3 is 10.1 Å². The molecule has 10 heteroatoms. The second-order valence-electron chi connectivity index (χ2n) is 5.40. The quantitative estimate of drug-likeness (QED) is 0.387. The number of carbonyl (C=O) groups excluding carboxylic acids is 2. The highest BCUT2D eigenvalue weighted by Gasteiger charge is 2.12. The minimum absolute atomic E-state index is 0.162. The summed E-state index contributed by atoms with van der Waals surface area (Å²) in [6.07, 6.45) is 1.62. The highest BCUT2D eigenvalue weighted by molar-refractivity contribution is 9.11. The normalized spacial score (nSPS) is 10.4. The lowest BCUT2D eigenvalue weighted by atomic mass is 10.2. The van der Waals surface area contributed by atoms with Crippen LogP contribution < -0.4 is 15.4 Å². The molecule has 1 aromatic heterocycles. The van der Waals surface area contributed by atoms with Gasteiger partial charge in [-0.25, -0.2) is 4.98 Å². The monoisotopic (exact) mass is 587 g/mol. The van der Waals surface area contributed by atoms with Crippen molar-refractivity contribution in [2.24, 2.45) is 0 Å². The third-order valence-electron chi connectivity index (χ3n) is 3.39. The zero-order valence-corrected chi connectivity index (χ0v) is 19.6. The Balaban J connectivity index is 1.55. The largest absolute Gasteiger partial charge is 0.481 e. The number of rotatable bonds is 6. The van der Waals surface area contributed by atoms with Crippen molar-refractivity contribution in [3.63, 3.8) is 0 Å². The molecule has 0 aliphatic heterocycles. The van der Waals surface area contributed by atoms with Gasteiger partial charge in [-0.15, -0.1) is 11.3 Å². The van der Waals surface area contributed by atoms with Crippen molar-refractivity contribution in [3.8, 4) is 5.75 Å². The van der Waals surface area contributed by atoms with Crippen molar-refractivity contribution >= 4 is 81.8 Å². The number of ether oxygens (including phenoxy) is 1. The van der Waals surface area contributed by atoms with Crippen LogP contribution in [0.3, 0.4) is 0 Å². The summed E-state index contributed by atoms with van der Waals surface area (Å²) in [5.41, 5.74) is 1.03. The molecule has 0 fully saturated rings. The standard InChI is InChI=1S/C18H12Br3N3O3S/c19-11-7-13(20)16(14(21)8-11)27-9-15(25)23-12-3-1-10(2-4-12)17(26)24-18-22-5-6-28-18/h1-8H,9H2,(H,23,25)(H,22,24,26). The lowest BCUT2D eigenvalue weighted by Crippen LogP contribution is -2.20. The molecule has 6 nitrogen and oxygen atoms in total. The Hall–Kier alpha value is -1.75. The third kappa shape index (κ3) is 5.63. The van der Waals surface area contributed by atoms with Gasteiger partial charge in [0.25, 0.3) is 11.8 Å². The summed E-state index contributed by atoms with van der Waals surface area (Å²) in [7, 11) is 0. The number of amides is 2. The van der Waals surface area contributed by atoms with E-state index in [1.165, 1.54) is 11.3 Å². The summed E-state index contributed by atoms with van der Waals surface area (Å²) >= 11 is 11.5. The topological polar surface area (TPSA) is 80.3 Å². The summed E-state index contributed by atoms with van der Waals surface area (Å²) < 4.78 is 7.90. The zero-order chi connectivity index (χ0) is 20.1. The van der Waals surface area contributed by atoms with Crippen LogP contribution in [0.1, 0.15) is 10.4 Å². The number of hydrogen-bond donors (Lipinski definition) is 2. The average Bonchev–Trinajstić information content (AvgIpc) is 3.14. The number of benzene rings is 2. The number of hydrogen-bond acceptors (Lipinski definition) is 5. The maximum atomic E-state index is 12.1. The van der Waals surface area contributed by atoms with Gasteiger partial charge in [-0.3, -0.25) is 14.9 Å². The highest BCUT2D eigenvalue weighted by Crippen LogP contribution is 2.36. The van der Waals surface area contributed by atoms with Gasteiger partial charge >= 0.3 is 0 Å². The molecule has 0 atom stereocenters. The van der Waals surface area contributed by atoms with E-state index in [1.54, 1.807) is 35.8 Å². The molecule has 0 spiro atoms. The number of carbonyl (C=O) groups is 2. The fourth-order valence-corrected chi connectivity index (χ4v) is 5.17. The molecule has 0 bridgehead atoms. The molecule has 0 aliphatic rings. The first-order valence-electron chi connectivity index (χ1n) is 7.80. The van der Waals surface area contributed by atoms with Gasteiger partial charge in [0.05, 0.1) is 8.95 Å². The molecule has 2 amide bonds. The molecule has 28 heavy (non-hydrogen) atoms. The Morgan fingerprint density at radius 3 is 2.32 bits per heavy atom. The predicted octanol–water partition coefficient (Wildman–Crippen LogP) is 5.70. The van der Waals surface area contributed by atoms with Crippen LogP contribution in [-0.2, 0) is 4.79 Å². The minimum Gasteiger partial charge on any atom is -0.481 e. The maximum absolute atomic E-state index is 12.1. The lowest BCUT2D eigenvalue weighted by molar-refractivity contribution is -0.118. The second-order valence-corrected chi connectivity index (χ2v) is 8.92. The van der Waals surface area contributed by atoms with Crippen LogP contribution >= 0.6 is 59.1 Å². The van der Waals surface area contributed by atoms with Crippen LogP contribution in [0.4, 0.5) is 10.8 Å². The van der Waals surface area contributed by atoms with Crippen molar-refractivity contribution in [3.05, 3.63) is 67.0 Å². The molecule has 144 valence electrons. The van der Waals surface area contributed by atoms with Gasteiger partial charge in [0, 0.05) is 27.3 Å². The van der Waals surface area contributed by atoms with E-state index in [4.69, 9.17) is 4.74 Å². The van der Waals surface area contributed by atoms with Crippen LogP contribution in [0.15, 0.2) is 61.4 Å². The number of nitrogens with zero attached hydrogens (tertiary/aromatic N) is 1. The van der Waals surface area contributed by atoms with Gasteiger partial charge in [-0.1, -0.05) is 15.9 Å². The first-order valence-corrected chi connectivity index (χ1v) is 11.1. The minimum atomic E-state index is -0.318. The fourth-order valence-electron chi connectivity index (χ4n) is 2.16. The van der Waals surface area contributed by atoms with Gasteiger partial charge in [-0.2, -0.15) is 0 Å². The van der Waals surface area contributed by atoms with Gasteiger partial charge in [0.1, 0.15) is 5.75 Å². The Morgan fingerprint density at radius 2 is 1.71 bits per heavy atom. The molecule has 0 unspecified atom stereocenters. The van der Waals surface area contributed by atoms with E-state index < -0.39 is 0 Å². The summed E-state index contributed by atoms with van der Waals surface area (Å²) in [5, 5.41) is 7.74. The molecule has 2 aromatic carbocycles. The molecule has 3 rings (SSSR count). The predicted molar refractivity (Wildman–Crippen MR) is 120 cm³/mol. The number of halogens is 3. The van der Waals surface area contributed by atoms with E-state index in [0.717, 1.165) is 13.4 Å². The van der Waals surface area contributed by atoms with Crippen molar-refractivity contribution in [2.75, 3.05) is 17.2 Å². The van der Waals surface area contributed by atoms with E-state index in [0.29, 0.717) is 22.1 Å². The zero-order valence-electron chi connectivity index (χ0n) is 14.0. The van der Waals surface area contributed by atoms with E-state index in [1.807, 2.05) is 12.1 Å². The van der Waals surface area contributed by atoms with Gasteiger partial charge in [0.15, 0.2) is 11.7 Å². The van der Waals surface area contributed by atoms with Crippen LogP contribution in [0, 0.1) is 0 Å². The summed E-state index contributed by atoms with van der Waals surface area (Å²) in [4.78, 5) is 28.3. The Labute approximate surface area is 190 Å². The van der Waals surface area contributed by atoms with Gasteiger partial charge in [0.2, 0.25) is 0 Å². The highest BCUT2D eigenvalue weighted by atomic mass is 79.9. The molecule has 0 radical (unpaired) electrons. The van der Waals surface area contributed by atoms with Crippen LogP contribution in [-0.4, -0.2) is 23.4 Å². The number of aromatic nitrogens is 1. The van der Waals surface area contributed by atoms with Crippen molar-refractivity contribution in [1.82, 2.24) is 4.98 Å². The third-order valence-corrected chi connectivity index (χ3v) is 5.72.